The lowest BCUT2D eigenvalue weighted by molar-refractivity contribution is 0.609. The Morgan fingerprint density at radius 2 is 2.07 bits per heavy atom. The van der Waals surface area contributed by atoms with Crippen molar-refractivity contribution in [2.45, 2.75) is 24.5 Å². The fraction of sp³-hybridized carbons (Fsp3) is 0.400. The minimum atomic E-state index is -3.46. The van der Waals surface area contributed by atoms with Gasteiger partial charge in [-0.25, -0.2) is 8.42 Å². The van der Waals surface area contributed by atoms with Crippen molar-refractivity contribution in [2.24, 2.45) is 0 Å². The second-order valence-electron chi connectivity index (χ2n) is 3.81. The molecule has 1 aliphatic carbocycles. The van der Waals surface area contributed by atoms with E-state index in [9.17, 15) is 8.42 Å². The van der Waals surface area contributed by atoms with Crippen molar-refractivity contribution in [1.29, 1.82) is 0 Å². The maximum absolute atomic E-state index is 10.9. The third kappa shape index (κ3) is 3.20. The molecule has 2 rings (SSSR count). The van der Waals surface area contributed by atoms with Gasteiger partial charge in [-0.3, -0.25) is 0 Å². The second kappa shape index (κ2) is 4.07. The first kappa shape index (κ1) is 11.4. The second-order valence-corrected chi connectivity index (χ2v) is 7.44. The average molecular weight is 310 g/mol. The van der Waals surface area contributed by atoms with Crippen molar-refractivity contribution >= 4 is 35.7 Å². The highest BCUT2D eigenvalue weighted by molar-refractivity contribution is 9.10. The fourth-order valence-corrected chi connectivity index (χ4v) is 3.29. The quantitative estimate of drug-likeness (QED) is 0.802. The zero-order chi connectivity index (χ0) is 11.1. The molecule has 15 heavy (non-hydrogen) atoms. The van der Waals surface area contributed by atoms with Gasteiger partial charge >= 0.3 is 0 Å². The minimum Gasteiger partial charge on any atom is -0.212 e. The van der Waals surface area contributed by atoms with E-state index >= 15 is 0 Å². The van der Waals surface area contributed by atoms with Gasteiger partial charge in [-0.05, 0) is 36.0 Å². The van der Waals surface area contributed by atoms with E-state index in [1.54, 1.807) is 0 Å². The highest BCUT2D eigenvalue weighted by Gasteiger charge is 2.25. The maximum Gasteiger partial charge on any atom is 0.236 e. The Kier molecular flexibility index (Phi) is 3.10. The fourth-order valence-electron chi connectivity index (χ4n) is 1.58. The molecule has 0 radical (unpaired) electrons. The van der Waals surface area contributed by atoms with Gasteiger partial charge in [0.2, 0.25) is 9.05 Å². The number of rotatable bonds is 3. The number of halogens is 2. The molecule has 0 N–H and O–H groups in total. The van der Waals surface area contributed by atoms with Gasteiger partial charge in [0.25, 0.3) is 0 Å². The smallest absolute Gasteiger partial charge is 0.212 e. The molecule has 2 nitrogen and oxygen atoms in total. The summed E-state index contributed by atoms with van der Waals surface area (Å²) >= 11 is 3.46. The van der Waals surface area contributed by atoms with Crippen molar-refractivity contribution in [2.75, 3.05) is 0 Å². The monoisotopic (exact) mass is 308 g/mol. The van der Waals surface area contributed by atoms with Gasteiger partial charge in [-0.2, -0.15) is 0 Å². The van der Waals surface area contributed by atoms with Crippen LogP contribution in [0, 0.1) is 0 Å². The molecule has 0 aliphatic heterocycles. The van der Waals surface area contributed by atoms with Crippen LogP contribution < -0.4 is 0 Å². The highest BCUT2D eigenvalue weighted by atomic mass is 79.9. The van der Waals surface area contributed by atoms with Crippen LogP contribution in [0.5, 0.6) is 0 Å². The third-order valence-electron chi connectivity index (χ3n) is 2.42. The standard InChI is InChI=1S/C10H10BrClO2S/c11-10-5-7(6-15(12,13)14)1-4-9(10)8-2-3-8/h1,4-5,8H,2-3,6H2. The molecule has 1 saturated carbocycles. The van der Waals surface area contributed by atoms with Gasteiger partial charge in [0.1, 0.15) is 0 Å². The number of hydrogen-bond donors (Lipinski definition) is 0. The molecule has 0 bridgehead atoms. The number of benzene rings is 1. The summed E-state index contributed by atoms with van der Waals surface area (Å²) in [6, 6.07) is 5.66. The topological polar surface area (TPSA) is 34.1 Å². The molecular weight excluding hydrogens is 300 g/mol. The molecule has 0 amide bonds. The summed E-state index contributed by atoms with van der Waals surface area (Å²) < 4.78 is 22.8. The van der Waals surface area contributed by atoms with Crippen LogP contribution in [0.3, 0.4) is 0 Å². The molecule has 0 aromatic heterocycles. The van der Waals surface area contributed by atoms with Gasteiger partial charge < -0.3 is 0 Å². The van der Waals surface area contributed by atoms with Crippen LogP contribution in [0.2, 0.25) is 0 Å². The predicted octanol–water partition coefficient (Wildman–Crippen LogP) is 3.40. The Hall–Kier alpha value is -0.0600. The van der Waals surface area contributed by atoms with Crippen LogP contribution >= 0.6 is 26.6 Å². The number of hydrogen-bond acceptors (Lipinski definition) is 2. The molecule has 0 unspecified atom stereocenters. The molecule has 0 atom stereocenters. The van der Waals surface area contributed by atoms with Crippen molar-refractivity contribution in [1.82, 2.24) is 0 Å². The first-order valence-electron chi connectivity index (χ1n) is 4.66. The van der Waals surface area contributed by atoms with Crippen LogP contribution in [0.1, 0.15) is 29.9 Å². The van der Waals surface area contributed by atoms with E-state index in [0.29, 0.717) is 5.92 Å². The van der Waals surface area contributed by atoms with Gasteiger partial charge in [-0.15, -0.1) is 0 Å². The highest BCUT2D eigenvalue weighted by Crippen LogP contribution is 2.43. The van der Waals surface area contributed by atoms with Crippen molar-refractivity contribution in [3.63, 3.8) is 0 Å². The van der Waals surface area contributed by atoms with E-state index in [0.717, 1.165) is 10.0 Å². The molecule has 1 aromatic rings. The summed E-state index contributed by atoms with van der Waals surface area (Å²) in [4.78, 5) is 0. The summed E-state index contributed by atoms with van der Waals surface area (Å²) in [5, 5.41) is 0. The molecular formula is C10H10BrClO2S. The van der Waals surface area contributed by atoms with E-state index in [-0.39, 0.29) is 5.75 Å². The van der Waals surface area contributed by atoms with Crippen molar-refractivity contribution in [3.8, 4) is 0 Å². The summed E-state index contributed by atoms with van der Waals surface area (Å²) in [7, 11) is 1.73. The van der Waals surface area contributed by atoms with Crippen molar-refractivity contribution in [3.05, 3.63) is 33.8 Å². The largest absolute Gasteiger partial charge is 0.236 e. The van der Waals surface area contributed by atoms with E-state index in [2.05, 4.69) is 15.9 Å². The zero-order valence-corrected chi connectivity index (χ0v) is 11.1. The predicted molar refractivity (Wildman–Crippen MR) is 64.6 cm³/mol. The van der Waals surface area contributed by atoms with Gasteiger partial charge in [-0.1, -0.05) is 28.1 Å². The molecule has 1 fully saturated rings. The molecule has 5 heteroatoms. The zero-order valence-electron chi connectivity index (χ0n) is 7.91. The van der Waals surface area contributed by atoms with Gasteiger partial charge in [0, 0.05) is 15.2 Å². The van der Waals surface area contributed by atoms with E-state index in [1.807, 2.05) is 18.2 Å². The molecule has 82 valence electrons. The Balaban J connectivity index is 2.25. The van der Waals surface area contributed by atoms with E-state index in [4.69, 9.17) is 10.7 Å². The van der Waals surface area contributed by atoms with E-state index in [1.165, 1.54) is 18.4 Å². The molecule has 0 saturated heterocycles. The van der Waals surface area contributed by atoms with Gasteiger partial charge in [0.05, 0.1) is 5.75 Å². The Bertz CT molecular complexity index is 480. The minimum absolute atomic E-state index is 0.113. The average Bonchev–Trinajstić information content (AvgIpc) is 2.84. The van der Waals surface area contributed by atoms with Gasteiger partial charge in [0.15, 0.2) is 0 Å². The molecule has 0 spiro atoms. The lowest BCUT2D eigenvalue weighted by atomic mass is 10.1. The normalized spacial score (nSPS) is 16.7. The first-order chi connectivity index (χ1) is 6.96. The summed E-state index contributed by atoms with van der Waals surface area (Å²) in [5.74, 6) is 0.541. The molecule has 1 aromatic carbocycles. The summed E-state index contributed by atoms with van der Waals surface area (Å²) in [5.41, 5.74) is 1.99. The SMILES string of the molecule is O=S(=O)(Cl)Cc1ccc(C2CC2)c(Br)c1. The van der Waals surface area contributed by atoms with Crippen LogP contribution in [-0.2, 0) is 14.8 Å². The van der Waals surface area contributed by atoms with Crippen LogP contribution in [0.15, 0.2) is 22.7 Å². The molecule has 1 aliphatic rings. The maximum atomic E-state index is 10.9. The molecule has 0 heterocycles. The van der Waals surface area contributed by atoms with E-state index < -0.39 is 9.05 Å². The van der Waals surface area contributed by atoms with Crippen molar-refractivity contribution < 1.29 is 8.42 Å². The third-order valence-corrected chi connectivity index (χ3v) is 4.11. The lowest BCUT2D eigenvalue weighted by Crippen LogP contribution is -1.95. The van der Waals surface area contributed by atoms with Crippen LogP contribution in [0.4, 0.5) is 0 Å². The first-order valence-corrected chi connectivity index (χ1v) is 7.93. The summed E-state index contributed by atoms with van der Waals surface area (Å²) in [6.07, 6.45) is 2.46. The Morgan fingerprint density at radius 3 is 2.53 bits per heavy atom. The van der Waals surface area contributed by atoms with Crippen LogP contribution in [-0.4, -0.2) is 8.42 Å². The Labute approximate surface area is 102 Å². The van der Waals surface area contributed by atoms with Crippen LogP contribution in [0.25, 0.3) is 0 Å². The Morgan fingerprint density at radius 1 is 1.40 bits per heavy atom. The summed E-state index contributed by atoms with van der Waals surface area (Å²) in [6.45, 7) is 0. The lowest BCUT2D eigenvalue weighted by Gasteiger charge is -2.04.